The van der Waals surface area contributed by atoms with Crippen LogP contribution in [0, 0.1) is 12.7 Å². The van der Waals surface area contributed by atoms with Crippen molar-refractivity contribution in [3.05, 3.63) is 65.6 Å². The minimum absolute atomic E-state index is 0.0410. The summed E-state index contributed by atoms with van der Waals surface area (Å²) >= 11 is 0. The van der Waals surface area contributed by atoms with Gasteiger partial charge in [0.1, 0.15) is 5.69 Å². The van der Waals surface area contributed by atoms with E-state index < -0.39 is 5.82 Å². The molecule has 1 saturated heterocycles. The van der Waals surface area contributed by atoms with Gasteiger partial charge in [0.05, 0.1) is 11.8 Å². The Morgan fingerprint density at radius 2 is 2.03 bits per heavy atom. The molecular formula is C21H22FN5O2. The molecule has 4 rings (SSSR count). The van der Waals surface area contributed by atoms with Crippen LogP contribution in [0.1, 0.15) is 40.5 Å². The van der Waals surface area contributed by atoms with Crippen molar-refractivity contribution in [3.63, 3.8) is 0 Å². The fraction of sp³-hybridized carbons (Fsp3) is 0.333. The molecule has 1 unspecified atom stereocenters. The molecule has 1 aliphatic heterocycles. The molecule has 3 aromatic rings. The van der Waals surface area contributed by atoms with E-state index in [-0.39, 0.29) is 23.5 Å². The Balaban J connectivity index is 1.57. The summed E-state index contributed by atoms with van der Waals surface area (Å²) < 4.78 is 21.4. The SMILES string of the molecule is Cc1c(C(=O)N2CCCC(c3nccnc3Oc3ccccc3F)C2)cnn1C. The molecule has 0 radical (unpaired) electrons. The highest BCUT2D eigenvalue weighted by atomic mass is 19.1. The summed E-state index contributed by atoms with van der Waals surface area (Å²) in [6.45, 7) is 3.05. The minimum atomic E-state index is -0.461. The zero-order chi connectivity index (χ0) is 20.4. The maximum Gasteiger partial charge on any atom is 0.257 e. The second-order valence-electron chi connectivity index (χ2n) is 7.14. The molecule has 2 aromatic heterocycles. The zero-order valence-corrected chi connectivity index (χ0v) is 16.4. The normalized spacial score (nSPS) is 16.7. The molecule has 1 fully saturated rings. The van der Waals surface area contributed by atoms with E-state index in [9.17, 15) is 9.18 Å². The molecule has 3 heterocycles. The molecule has 1 amide bonds. The van der Waals surface area contributed by atoms with Crippen molar-refractivity contribution >= 4 is 5.91 Å². The summed E-state index contributed by atoms with van der Waals surface area (Å²) in [7, 11) is 1.82. The molecule has 0 N–H and O–H groups in total. The van der Waals surface area contributed by atoms with Gasteiger partial charge in [-0.15, -0.1) is 0 Å². The minimum Gasteiger partial charge on any atom is -0.434 e. The van der Waals surface area contributed by atoms with E-state index in [2.05, 4.69) is 15.1 Å². The number of benzene rings is 1. The Kier molecular flexibility index (Phi) is 5.24. The van der Waals surface area contributed by atoms with Crippen LogP contribution in [0.2, 0.25) is 0 Å². The van der Waals surface area contributed by atoms with Crippen molar-refractivity contribution in [2.75, 3.05) is 13.1 Å². The predicted molar refractivity (Wildman–Crippen MR) is 104 cm³/mol. The molecule has 29 heavy (non-hydrogen) atoms. The van der Waals surface area contributed by atoms with Gasteiger partial charge in [0, 0.05) is 44.1 Å². The number of rotatable bonds is 4. The van der Waals surface area contributed by atoms with Crippen LogP contribution in [0.4, 0.5) is 4.39 Å². The van der Waals surface area contributed by atoms with Crippen LogP contribution in [-0.2, 0) is 7.05 Å². The summed E-state index contributed by atoms with van der Waals surface area (Å²) in [6.07, 6.45) is 6.41. The summed E-state index contributed by atoms with van der Waals surface area (Å²) in [5.74, 6) is -0.170. The number of hydrogen-bond acceptors (Lipinski definition) is 5. The zero-order valence-electron chi connectivity index (χ0n) is 16.4. The molecular weight excluding hydrogens is 373 g/mol. The van der Waals surface area contributed by atoms with Crippen LogP contribution in [0.3, 0.4) is 0 Å². The van der Waals surface area contributed by atoms with Gasteiger partial charge < -0.3 is 9.64 Å². The standard InChI is InChI=1S/C21H22FN5O2/c1-14-16(12-25-26(14)2)21(28)27-11-5-6-15(13-27)19-20(24-10-9-23-19)29-18-8-4-3-7-17(18)22/h3-4,7-10,12,15H,5-6,11,13H2,1-2H3. The second-order valence-corrected chi connectivity index (χ2v) is 7.14. The fourth-order valence-electron chi connectivity index (χ4n) is 3.59. The fourth-order valence-corrected chi connectivity index (χ4v) is 3.59. The number of nitrogens with zero attached hydrogens (tertiary/aromatic N) is 5. The predicted octanol–water partition coefficient (Wildman–Crippen LogP) is 3.47. The summed E-state index contributed by atoms with van der Waals surface area (Å²) in [6, 6.07) is 6.19. The first kappa shape index (κ1) is 19.0. The van der Waals surface area contributed by atoms with Crippen LogP contribution in [-0.4, -0.2) is 43.6 Å². The number of halogens is 1. The average Bonchev–Trinajstić information content (AvgIpc) is 3.08. The Hall–Kier alpha value is -3.29. The number of ether oxygens (including phenoxy) is 1. The average molecular weight is 395 g/mol. The largest absolute Gasteiger partial charge is 0.434 e. The highest BCUT2D eigenvalue weighted by molar-refractivity contribution is 5.95. The maximum atomic E-state index is 14.0. The van der Waals surface area contributed by atoms with Gasteiger partial charge in [-0.2, -0.15) is 5.10 Å². The Morgan fingerprint density at radius 1 is 1.24 bits per heavy atom. The first-order valence-electron chi connectivity index (χ1n) is 9.55. The topological polar surface area (TPSA) is 73.1 Å². The van der Waals surface area contributed by atoms with Crippen LogP contribution in [0.5, 0.6) is 11.6 Å². The molecule has 0 bridgehead atoms. The number of carbonyl (C=O) groups excluding carboxylic acids is 1. The van der Waals surface area contributed by atoms with Gasteiger partial charge in [-0.1, -0.05) is 12.1 Å². The molecule has 1 aliphatic rings. The van der Waals surface area contributed by atoms with Crippen LogP contribution >= 0.6 is 0 Å². The van der Waals surface area contributed by atoms with Crippen molar-refractivity contribution in [1.29, 1.82) is 0 Å². The number of para-hydroxylation sites is 1. The van der Waals surface area contributed by atoms with Crippen molar-refractivity contribution < 1.29 is 13.9 Å². The summed E-state index contributed by atoms with van der Waals surface area (Å²) in [4.78, 5) is 23.5. The lowest BCUT2D eigenvalue weighted by Crippen LogP contribution is -2.39. The van der Waals surface area contributed by atoms with E-state index in [0.29, 0.717) is 24.3 Å². The molecule has 150 valence electrons. The van der Waals surface area contributed by atoms with E-state index in [4.69, 9.17) is 4.74 Å². The highest BCUT2D eigenvalue weighted by Gasteiger charge is 2.30. The molecule has 8 heteroatoms. The third kappa shape index (κ3) is 3.83. The molecule has 0 aliphatic carbocycles. The van der Waals surface area contributed by atoms with Crippen molar-refractivity contribution in [2.24, 2.45) is 7.05 Å². The first-order chi connectivity index (χ1) is 14.0. The third-order valence-corrected chi connectivity index (χ3v) is 5.30. The number of carbonyl (C=O) groups is 1. The quantitative estimate of drug-likeness (QED) is 0.676. The Bertz CT molecular complexity index is 1040. The van der Waals surface area contributed by atoms with Crippen molar-refractivity contribution in [3.8, 4) is 11.6 Å². The Morgan fingerprint density at radius 3 is 2.79 bits per heavy atom. The van der Waals surface area contributed by atoms with Gasteiger partial charge in [0.2, 0.25) is 5.88 Å². The lowest BCUT2D eigenvalue weighted by molar-refractivity contribution is 0.0704. The molecule has 0 saturated carbocycles. The Labute approximate surface area is 168 Å². The van der Waals surface area contributed by atoms with Crippen LogP contribution < -0.4 is 4.74 Å². The molecule has 1 atom stereocenters. The summed E-state index contributed by atoms with van der Waals surface area (Å²) in [5, 5.41) is 4.17. The van der Waals surface area contributed by atoms with Gasteiger partial charge in [-0.05, 0) is 31.9 Å². The molecule has 1 aromatic carbocycles. The van der Waals surface area contributed by atoms with E-state index >= 15 is 0 Å². The van der Waals surface area contributed by atoms with Gasteiger partial charge in [0.25, 0.3) is 5.91 Å². The number of aryl methyl sites for hydroxylation is 1. The van der Waals surface area contributed by atoms with E-state index in [0.717, 1.165) is 18.5 Å². The molecule has 7 nitrogen and oxygen atoms in total. The number of amides is 1. The number of aromatic nitrogens is 4. The van der Waals surface area contributed by atoms with Crippen LogP contribution in [0.15, 0.2) is 42.9 Å². The second kappa shape index (κ2) is 7.98. The lowest BCUT2D eigenvalue weighted by atomic mass is 9.94. The van der Waals surface area contributed by atoms with Gasteiger partial charge in [-0.25, -0.2) is 9.37 Å². The lowest BCUT2D eigenvalue weighted by Gasteiger charge is -2.32. The number of hydrogen-bond donors (Lipinski definition) is 0. The van der Waals surface area contributed by atoms with Gasteiger partial charge in [-0.3, -0.25) is 14.5 Å². The van der Waals surface area contributed by atoms with E-state index in [1.54, 1.807) is 35.3 Å². The third-order valence-electron chi connectivity index (χ3n) is 5.30. The smallest absolute Gasteiger partial charge is 0.257 e. The van der Waals surface area contributed by atoms with Gasteiger partial charge >= 0.3 is 0 Å². The van der Waals surface area contributed by atoms with E-state index in [1.165, 1.54) is 12.3 Å². The van der Waals surface area contributed by atoms with Gasteiger partial charge in [0.15, 0.2) is 11.6 Å². The van der Waals surface area contributed by atoms with Crippen molar-refractivity contribution in [2.45, 2.75) is 25.7 Å². The number of likely N-dealkylation sites (tertiary alicyclic amines) is 1. The number of piperidine rings is 1. The van der Waals surface area contributed by atoms with Crippen LogP contribution in [0.25, 0.3) is 0 Å². The van der Waals surface area contributed by atoms with E-state index in [1.807, 2.05) is 18.9 Å². The molecule has 0 spiro atoms. The maximum absolute atomic E-state index is 14.0. The van der Waals surface area contributed by atoms with Crippen molar-refractivity contribution in [1.82, 2.24) is 24.6 Å². The highest BCUT2D eigenvalue weighted by Crippen LogP contribution is 2.33. The summed E-state index contributed by atoms with van der Waals surface area (Å²) in [5.41, 5.74) is 2.08. The monoisotopic (exact) mass is 395 g/mol. The first-order valence-corrected chi connectivity index (χ1v) is 9.55.